The van der Waals surface area contributed by atoms with Gasteiger partial charge in [0, 0.05) is 23.9 Å². The number of allylic oxidation sites excluding steroid dienone is 1. The Bertz CT molecular complexity index is 1210. The summed E-state index contributed by atoms with van der Waals surface area (Å²) in [5.74, 6) is 0.329. The SMILES string of the molecule is CC(C)=CC(=O)OC1C(OCc2ccccc2)c2cc(NCc3ccc(C)cc3)ccc2OC1(C)C. The second-order valence-electron chi connectivity index (χ2n) is 10.1. The Balaban J connectivity index is 1.63. The average molecular weight is 486 g/mol. The van der Waals surface area contributed by atoms with Crippen molar-refractivity contribution in [3.05, 3.63) is 107 Å². The van der Waals surface area contributed by atoms with E-state index in [9.17, 15) is 4.79 Å². The maximum absolute atomic E-state index is 12.7. The fraction of sp³-hybridized carbons (Fsp3) is 0.323. The Kier molecular flexibility index (Phi) is 7.80. The van der Waals surface area contributed by atoms with Gasteiger partial charge in [0.25, 0.3) is 0 Å². The van der Waals surface area contributed by atoms with Gasteiger partial charge in [0.1, 0.15) is 17.5 Å². The molecule has 5 heteroatoms. The van der Waals surface area contributed by atoms with Crippen molar-refractivity contribution in [2.45, 2.75) is 65.6 Å². The third kappa shape index (κ3) is 6.35. The molecule has 1 heterocycles. The molecule has 0 spiro atoms. The molecule has 0 bridgehead atoms. The number of esters is 1. The number of ether oxygens (including phenoxy) is 3. The second kappa shape index (κ2) is 11.0. The molecule has 4 rings (SSSR count). The van der Waals surface area contributed by atoms with Gasteiger partial charge in [-0.1, -0.05) is 65.7 Å². The fourth-order valence-corrected chi connectivity index (χ4v) is 4.29. The molecule has 0 saturated carbocycles. The largest absolute Gasteiger partial charge is 0.483 e. The normalized spacial score (nSPS) is 17.9. The minimum atomic E-state index is -0.781. The lowest BCUT2D eigenvalue weighted by Crippen LogP contribution is -2.51. The molecule has 1 N–H and O–H groups in total. The van der Waals surface area contributed by atoms with Crippen LogP contribution >= 0.6 is 0 Å². The van der Waals surface area contributed by atoms with Gasteiger partial charge >= 0.3 is 5.97 Å². The minimum Gasteiger partial charge on any atom is -0.483 e. The number of aryl methyl sites for hydroxylation is 1. The van der Waals surface area contributed by atoms with E-state index in [1.807, 2.05) is 76.2 Å². The lowest BCUT2D eigenvalue weighted by molar-refractivity contribution is -0.181. The van der Waals surface area contributed by atoms with Crippen molar-refractivity contribution in [1.29, 1.82) is 0 Å². The number of rotatable bonds is 8. The molecule has 0 aromatic heterocycles. The Labute approximate surface area is 214 Å². The molecule has 0 aliphatic carbocycles. The number of nitrogens with one attached hydrogen (secondary N) is 1. The molecular weight excluding hydrogens is 450 g/mol. The number of fused-ring (bicyclic) bond motifs is 1. The Morgan fingerprint density at radius 3 is 2.42 bits per heavy atom. The average Bonchev–Trinajstić information content (AvgIpc) is 2.83. The quantitative estimate of drug-likeness (QED) is 0.277. The lowest BCUT2D eigenvalue weighted by Gasteiger charge is -2.43. The summed E-state index contributed by atoms with van der Waals surface area (Å²) >= 11 is 0. The van der Waals surface area contributed by atoms with Crippen LogP contribution in [0.5, 0.6) is 5.75 Å². The maximum Gasteiger partial charge on any atom is 0.331 e. The molecule has 0 fully saturated rings. The van der Waals surface area contributed by atoms with Crippen LogP contribution in [0.15, 0.2) is 84.4 Å². The number of benzene rings is 3. The number of anilines is 1. The van der Waals surface area contributed by atoms with Crippen molar-refractivity contribution >= 4 is 11.7 Å². The molecule has 2 unspecified atom stereocenters. The summed E-state index contributed by atoms with van der Waals surface area (Å²) in [6.45, 7) is 10.8. The molecule has 188 valence electrons. The molecule has 0 radical (unpaired) electrons. The molecule has 36 heavy (non-hydrogen) atoms. The molecule has 2 atom stereocenters. The van der Waals surface area contributed by atoms with Crippen LogP contribution in [0.3, 0.4) is 0 Å². The van der Waals surface area contributed by atoms with Crippen LogP contribution in [-0.2, 0) is 27.4 Å². The highest BCUT2D eigenvalue weighted by Gasteiger charge is 2.47. The van der Waals surface area contributed by atoms with Gasteiger partial charge in [0.05, 0.1) is 6.61 Å². The first-order valence-corrected chi connectivity index (χ1v) is 12.3. The van der Waals surface area contributed by atoms with Crippen molar-refractivity contribution < 1.29 is 19.0 Å². The zero-order valence-corrected chi connectivity index (χ0v) is 21.7. The molecule has 0 amide bonds. The Hall–Kier alpha value is -3.57. The van der Waals surface area contributed by atoms with Crippen molar-refractivity contribution in [1.82, 2.24) is 0 Å². The number of hydrogen-bond acceptors (Lipinski definition) is 5. The topological polar surface area (TPSA) is 56.8 Å². The van der Waals surface area contributed by atoms with Gasteiger partial charge in [-0.3, -0.25) is 0 Å². The summed E-state index contributed by atoms with van der Waals surface area (Å²) in [4.78, 5) is 12.7. The maximum atomic E-state index is 12.7. The molecule has 0 saturated heterocycles. The summed E-state index contributed by atoms with van der Waals surface area (Å²) in [6, 6.07) is 24.5. The van der Waals surface area contributed by atoms with Gasteiger partial charge in [-0.05, 0) is 63.9 Å². The summed E-state index contributed by atoms with van der Waals surface area (Å²) in [5, 5.41) is 3.50. The van der Waals surface area contributed by atoms with Gasteiger partial charge in [-0.15, -0.1) is 0 Å². The monoisotopic (exact) mass is 485 g/mol. The van der Waals surface area contributed by atoms with E-state index in [1.165, 1.54) is 17.2 Å². The Morgan fingerprint density at radius 2 is 1.72 bits per heavy atom. The summed E-state index contributed by atoms with van der Waals surface area (Å²) in [7, 11) is 0. The van der Waals surface area contributed by atoms with E-state index in [2.05, 4.69) is 36.5 Å². The van der Waals surface area contributed by atoms with E-state index >= 15 is 0 Å². The van der Waals surface area contributed by atoms with E-state index in [1.54, 1.807) is 0 Å². The van der Waals surface area contributed by atoms with E-state index in [0.29, 0.717) is 13.2 Å². The fourth-order valence-electron chi connectivity index (χ4n) is 4.29. The number of carbonyl (C=O) groups excluding carboxylic acids is 1. The highest BCUT2D eigenvalue weighted by molar-refractivity contribution is 5.83. The van der Waals surface area contributed by atoms with Crippen molar-refractivity contribution in [3.8, 4) is 5.75 Å². The second-order valence-corrected chi connectivity index (χ2v) is 10.1. The van der Waals surface area contributed by atoms with Crippen LogP contribution < -0.4 is 10.1 Å². The number of carbonyl (C=O) groups is 1. The van der Waals surface area contributed by atoms with Crippen molar-refractivity contribution in [2.75, 3.05) is 5.32 Å². The smallest absolute Gasteiger partial charge is 0.331 e. The summed E-state index contributed by atoms with van der Waals surface area (Å²) in [5.41, 5.74) is 5.37. The molecule has 1 aliphatic rings. The first-order valence-electron chi connectivity index (χ1n) is 12.3. The van der Waals surface area contributed by atoms with Crippen LogP contribution in [0.2, 0.25) is 0 Å². The third-order valence-corrected chi connectivity index (χ3v) is 6.19. The van der Waals surface area contributed by atoms with Crippen molar-refractivity contribution in [3.63, 3.8) is 0 Å². The standard InChI is InChI=1S/C31H35NO4/c1-21(2)17-28(33)35-30-29(34-20-24-9-7-6-8-10-24)26-18-25(15-16-27(26)36-31(30,4)5)32-19-23-13-11-22(3)12-14-23/h6-18,29-30,32H,19-20H2,1-5H3. The van der Waals surface area contributed by atoms with E-state index in [0.717, 1.165) is 28.1 Å². The zero-order chi connectivity index (χ0) is 25.7. The molecule has 5 nitrogen and oxygen atoms in total. The van der Waals surface area contributed by atoms with E-state index in [4.69, 9.17) is 14.2 Å². The minimum absolute atomic E-state index is 0.388. The molecule has 3 aromatic rings. The van der Waals surface area contributed by atoms with Crippen molar-refractivity contribution in [2.24, 2.45) is 0 Å². The lowest BCUT2D eigenvalue weighted by atomic mass is 9.87. The van der Waals surface area contributed by atoms with Gasteiger partial charge in [-0.2, -0.15) is 0 Å². The van der Waals surface area contributed by atoms with Crippen LogP contribution in [0.25, 0.3) is 0 Å². The molecule has 1 aliphatic heterocycles. The molecule has 3 aromatic carbocycles. The predicted molar refractivity (Wildman–Crippen MR) is 143 cm³/mol. The van der Waals surface area contributed by atoms with Gasteiger partial charge < -0.3 is 19.5 Å². The molecular formula is C31H35NO4. The van der Waals surface area contributed by atoms with Crippen LogP contribution in [0, 0.1) is 6.92 Å². The summed E-state index contributed by atoms with van der Waals surface area (Å²) in [6.07, 6.45) is 0.364. The third-order valence-electron chi connectivity index (χ3n) is 6.19. The van der Waals surface area contributed by atoms with Crippen LogP contribution in [0.4, 0.5) is 5.69 Å². The van der Waals surface area contributed by atoms with E-state index < -0.39 is 23.8 Å². The zero-order valence-electron chi connectivity index (χ0n) is 21.7. The van der Waals surface area contributed by atoms with Gasteiger partial charge in [-0.25, -0.2) is 4.79 Å². The first-order chi connectivity index (χ1) is 17.2. The van der Waals surface area contributed by atoms with Crippen LogP contribution in [0.1, 0.15) is 56.1 Å². The highest BCUT2D eigenvalue weighted by atomic mass is 16.6. The first kappa shape index (κ1) is 25.5. The number of hydrogen-bond donors (Lipinski definition) is 1. The van der Waals surface area contributed by atoms with Crippen LogP contribution in [-0.4, -0.2) is 17.7 Å². The van der Waals surface area contributed by atoms with Gasteiger partial charge in [0.2, 0.25) is 0 Å². The summed E-state index contributed by atoms with van der Waals surface area (Å²) < 4.78 is 18.8. The Morgan fingerprint density at radius 1 is 1.00 bits per heavy atom. The van der Waals surface area contributed by atoms with Gasteiger partial charge in [0.15, 0.2) is 6.10 Å². The predicted octanol–water partition coefficient (Wildman–Crippen LogP) is 6.91. The van der Waals surface area contributed by atoms with E-state index in [-0.39, 0.29) is 0 Å². The highest BCUT2D eigenvalue weighted by Crippen LogP contribution is 2.44.